The van der Waals surface area contributed by atoms with Crippen LogP contribution in [0.25, 0.3) is 11.6 Å². The zero-order chi connectivity index (χ0) is 34.2. The van der Waals surface area contributed by atoms with Crippen LogP contribution in [0.5, 0.6) is 0 Å². The van der Waals surface area contributed by atoms with Gasteiger partial charge in [-0.2, -0.15) is 4.99 Å². The molecule has 0 saturated heterocycles. The summed E-state index contributed by atoms with van der Waals surface area (Å²) < 4.78 is 21.2. The predicted molar refractivity (Wildman–Crippen MR) is 169 cm³/mol. The number of amides is 2. The van der Waals surface area contributed by atoms with Crippen LogP contribution in [0.3, 0.4) is 0 Å². The first-order chi connectivity index (χ1) is 21.5. The van der Waals surface area contributed by atoms with Gasteiger partial charge in [-0.05, 0) is 80.0 Å². The molecule has 248 valence electrons. The minimum absolute atomic E-state index is 0.0253. The second-order valence-electron chi connectivity index (χ2n) is 12.1. The number of carbonyl (C=O) groups is 3. The largest absolute Gasteiger partial charge is 0.477 e. The second kappa shape index (κ2) is 14.7. The lowest BCUT2D eigenvalue weighted by Gasteiger charge is -2.19. The van der Waals surface area contributed by atoms with E-state index in [1.165, 1.54) is 6.08 Å². The third-order valence-electron chi connectivity index (χ3n) is 5.78. The van der Waals surface area contributed by atoms with E-state index in [4.69, 9.17) is 24.4 Å². The number of nitrogens with zero attached hydrogens (tertiary/aromatic N) is 2. The van der Waals surface area contributed by atoms with E-state index in [-0.39, 0.29) is 53.2 Å². The summed E-state index contributed by atoms with van der Waals surface area (Å²) >= 11 is 0. The molecule has 3 heterocycles. The lowest BCUT2D eigenvalue weighted by atomic mass is 10.2. The van der Waals surface area contributed by atoms with Crippen molar-refractivity contribution in [3.05, 3.63) is 61.0 Å². The fraction of sp³-hybridized carbons (Fsp3) is 0.452. The molecule has 15 nitrogen and oxygen atoms in total. The first-order valence-electron chi connectivity index (χ1n) is 14.6. The molecule has 2 aliphatic rings. The van der Waals surface area contributed by atoms with E-state index in [2.05, 4.69) is 30.2 Å². The molecule has 46 heavy (non-hydrogen) atoms. The number of alkyl carbamates (subject to hydrolysis) is 1. The van der Waals surface area contributed by atoms with Crippen molar-refractivity contribution in [1.29, 1.82) is 5.41 Å². The van der Waals surface area contributed by atoms with Gasteiger partial charge in [-0.15, -0.1) is 0 Å². The number of aromatic amines is 3. The van der Waals surface area contributed by atoms with Crippen molar-refractivity contribution in [2.24, 2.45) is 4.99 Å². The van der Waals surface area contributed by atoms with Crippen molar-refractivity contribution >= 4 is 41.9 Å². The molecule has 0 saturated carbocycles. The second-order valence-corrected chi connectivity index (χ2v) is 12.1. The van der Waals surface area contributed by atoms with Crippen molar-refractivity contribution in [2.45, 2.75) is 73.0 Å². The van der Waals surface area contributed by atoms with E-state index in [1.807, 2.05) is 0 Å². The number of aromatic nitrogens is 4. The molecular weight excluding hydrogens is 598 g/mol. The summed E-state index contributed by atoms with van der Waals surface area (Å²) in [5, 5.41) is 12.5. The minimum atomic E-state index is -0.876. The van der Waals surface area contributed by atoms with Crippen LogP contribution in [0.15, 0.2) is 21.9 Å². The monoisotopic (exact) mass is 639 g/mol. The number of esters is 1. The van der Waals surface area contributed by atoms with Gasteiger partial charge in [-0.1, -0.05) is 0 Å². The van der Waals surface area contributed by atoms with Crippen molar-refractivity contribution in [3.63, 3.8) is 0 Å². The van der Waals surface area contributed by atoms with Crippen LogP contribution in [0.2, 0.25) is 0 Å². The van der Waals surface area contributed by atoms with E-state index in [0.29, 0.717) is 22.9 Å². The van der Waals surface area contributed by atoms with E-state index >= 15 is 0 Å². The summed E-state index contributed by atoms with van der Waals surface area (Å²) in [6.45, 7) is 14.1. The number of carbonyl (C=O) groups excluding carboxylic acids is 3. The molecule has 1 aromatic heterocycles. The molecule has 0 bridgehead atoms. The van der Waals surface area contributed by atoms with Crippen LogP contribution >= 0.6 is 0 Å². The third-order valence-corrected chi connectivity index (χ3v) is 5.78. The Morgan fingerprint density at radius 3 is 2.37 bits per heavy atom. The highest BCUT2D eigenvalue weighted by molar-refractivity contribution is 6.34. The Labute approximate surface area is 264 Å². The van der Waals surface area contributed by atoms with E-state index < -0.39 is 34.9 Å². The predicted octanol–water partition coefficient (Wildman–Crippen LogP) is 2.53. The number of rotatable bonds is 9. The van der Waals surface area contributed by atoms with Gasteiger partial charge >= 0.3 is 18.2 Å². The van der Waals surface area contributed by atoms with Crippen LogP contribution < -0.4 is 21.4 Å². The maximum Gasteiger partial charge on any atom is 0.434 e. The molecule has 5 N–H and O–H groups in total. The molecule has 2 amide bonds. The molecule has 0 spiro atoms. The smallest absolute Gasteiger partial charge is 0.434 e. The Morgan fingerprint density at radius 2 is 1.72 bits per heavy atom. The van der Waals surface area contributed by atoms with Gasteiger partial charge in [0.25, 0.3) is 5.56 Å². The number of nitrogens with one attached hydrogen (secondary N) is 5. The normalized spacial score (nSPS) is 13.1. The lowest BCUT2D eigenvalue weighted by molar-refractivity contribution is 0.0511. The molecule has 1 aromatic rings. The van der Waals surface area contributed by atoms with Crippen molar-refractivity contribution in [2.75, 3.05) is 19.8 Å². The molecule has 0 radical (unpaired) electrons. The third kappa shape index (κ3) is 10.2. The van der Waals surface area contributed by atoms with Gasteiger partial charge in [0.1, 0.15) is 17.0 Å². The number of hydrogen-bond acceptors (Lipinski definition) is 10. The number of imidazole rings is 1. The summed E-state index contributed by atoms with van der Waals surface area (Å²) in [6.07, 6.45) is 1.52. The Morgan fingerprint density at radius 1 is 1.02 bits per heavy atom. The van der Waals surface area contributed by atoms with E-state index in [0.717, 1.165) is 6.21 Å². The standard InChI is InChI=1S/C31H41N7O8/c1-9-43-27(40)24-22(35-17(2)36-24)15-18-23-21(38-26(18)39)12-11-20(37-23)19(16-34-29(42)46-31(6,7)8)25(32)44-14-10-13-33-28(41)45-30(3,4)5/h11-12,15-16,32,37H,9-10,13-14H2,1-8H3,(H,33,41)(H,35,36)(H,38,39)/b18-15-,20-19?,32-25?,34-16?. The summed E-state index contributed by atoms with van der Waals surface area (Å²) in [4.78, 5) is 66.6. The fourth-order valence-corrected chi connectivity index (χ4v) is 4.01. The molecule has 2 aliphatic heterocycles. The quantitative estimate of drug-likeness (QED) is 0.0764. The minimum Gasteiger partial charge on any atom is -0.477 e. The molecule has 15 heteroatoms. The number of ether oxygens (including phenoxy) is 4. The summed E-state index contributed by atoms with van der Waals surface area (Å²) in [5.74, 6) is -0.527. The van der Waals surface area contributed by atoms with Gasteiger partial charge in [-0.3, -0.25) is 10.2 Å². The summed E-state index contributed by atoms with van der Waals surface area (Å²) in [5.41, 5.74) is -1.49. The lowest BCUT2D eigenvalue weighted by Crippen LogP contribution is -2.33. The molecule has 0 aromatic carbocycles. The summed E-state index contributed by atoms with van der Waals surface area (Å²) in [7, 11) is 0. The number of aryl methyl sites for hydroxylation is 1. The number of aliphatic imine (C=N–C) groups is 1. The van der Waals surface area contributed by atoms with Gasteiger partial charge < -0.3 is 39.2 Å². The SMILES string of the molecule is CCOC(=O)c1nc(C)[nH]c1/C=c1\c(=O)[nH]c2ccc(=C(C=NC(=O)OC(C)(C)C)C(=N)OCCCNC(=O)OC(C)(C)C)[nH]c1=2. The Kier molecular flexibility index (Phi) is 11.3. The average Bonchev–Trinajstić information content (AvgIpc) is 3.45. The first-order valence-corrected chi connectivity index (χ1v) is 14.6. The van der Waals surface area contributed by atoms with E-state index in [1.54, 1.807) is 67.5 Å². The molecule has 0 atom stereocenters. The van der Waals surface area contributed by atoms with Crippen LogP contribution in [0, 0.1) is 23.0 Å². The van der Waals surface area contributed by atoms with Gasteiger partial charge in [0.15, 0.2) is 5.69 Å². The molecule has 0 unspecified atom stereocenters. The van der Waals surface area contributed by atoms with Crippen molar-refractivity contribution in [3.8, 4) is 0 Å². The number of H-pyrrole nitrogens is 3. The molecular formula is C31H41N7O8. The zero-order valence-electron chi connectivity index (χ0n) is 27.3. The van der Waals surface area contributed by atoms with Gasteiger partial charge in [0.2, 0.25) is 5.90 Å². The zero-order valence-corrected chi connectivity index (χ0v) is 27.3. The van der Waals surface area contributed by atoms with Crippen LogP contribution in [0.1, 0.15) is 76.9 Å². The number of hydrogen-bond donors (Lipinski definition) is 5. The van der Waals surface area contributed by atoms with E-state index in [9.17, 15) is 19.2 Å². The Hall–Kier alpha value is -5.21. The van der Waals surface area contributed by atoms with Gasteiger partial charge in [0, 0.05) is 12.8 Å². The summed E-state index contributed by atoms with van der Waals surface area (Å²) in [6, 6.07) is 3.20. The molecule has 3 rings (SSSR count). The fourth-order valence-electron chi connectivity index (χ4n) is 4.01. The average molecular weight is 640 g/mol. The molecule has 0 fully saturated rings. The van der Waals surface area contributed by atoms with Gasteiger partial charge in [-0.25, -0.2) is 19.4 Å². The maximum absolute atomic E-state index is 13.0. The molecule has 0 aliphatic carbocycles. The van der Waals surface area contributed by atoms with Crippen LogP contribution in [0.4, 0.5) is 9.59 Å². The topological polar surface area (TPSA) is 214 Å². The highest BCUT2D eigenvalue weighted by Gasteiger charge is 2.18. The highest BCUT2D eigenvalue weighted by atomic mass is 16.6. The van der Waals surface area contributed by atoms with Crippen molar-refractivity contribution in [1.82, 2.24) is 25.3 Å². The van der Waals surface area contributed by atoms with Crippen LogP contribution in [-0.2, 0) is 18.9 Å². The maximum atomic E-state index is 13.0. The Balaban J connectivity index is 2.02. The highest BCUT2D eigenvalue weighted by Crippen LogP contribution is 2.10. The van der Waals surface area contributed by atoms with Gasteiger partial charge in [0.05, 0.1) is 45.7 Å². The van der Waals surface area contributed by atoms with Crippen molar-refractivity contribution < 1.29 is 33.3 Å². The Bertz CT molecular complexity index is 1870. The van der Waals surface area contributed by atoms with Crippen LogP contribution in [-0.4, -0.2) is 81.2 Å². The first kappa shape index (κ1) is 35.3.